The first-order valence-electron chi connectivity index (χ1n) is 10.7. The van der Waals surface area contributed by atoms with E-state index >= 15 is 0 Å². The predicted molar refractivity (Wildman–Crippen MR) is 118 cm³/mol. The van der Waals surface area contributed by atoms with Gasteiger partial charge in [0.15, 0.2) is 22.9 Å². The van der Waals surface area contributed by atoms with Crippen LogP contribution in [0.2, 0.25) is 0 Å². The Morgan fingerprint density at radius 2 is 1.69 bits per heavy atom. The van der Waals surface area contributed by atoms with Crippen LogP contribution in [0.25, 0.3) is 33.9 Å². The highest BCUT2D eigenvalue weighted by Crippen LogP contribution is 2.29. The Hall–Kier alpha value is -3.37. The molecule has 0 atom stereocenters. The molecular weight excluding hydrogens is 410 g/mol. The van der Waals surface area contributed by atoms with E-state index in [0.717, 1.165) is 55.0 Å². The molecule has 4 N–H and O–H groups in total. The number of nitrogens with one attached hydrogen (secondary N) is 3. The van der Waals surface area contributed by atoms with Crippen molar-refractivity contribution in [2.45, 2.75) is 38.7 Å². The van der Waals surface area contributed by atoms with Gasteiger partial charge >= 0.3 is 5.69 Å². The minimum atomic E-state index is -1.09. The Kier molecular flexibility index (Phi) is 5.10. The van der Waals surface area contributed by atoms with Gasteiger partial charge in [-0.05, 0) is 39.0 Å². The maximum Gasteiger partial charge on any atom is 0.326 e. The molecule has 166 valence electrons. The fourth-order valence-electron chi connectivity index (χ4n) is 3.93. The molecule has 3 aromatic heterocycles. The fourth-order valence-corrected chi connectivity index (χ4v) is 3.93. The molecule has 1 aromatic carbocycles. The monoisotopic (exact) mass is 435 g/mol. The van der Waals surface area contributed by atoms with Crippen LogP contribution in [0.1, 0.15) is 38.2 Å². The fraction of sp³-hybridized carbons (Fsp3) is 0.409. The van der Waals surface area contributed by atoms with Gasteiger partial charge < -0.3 is 9.84 Å². The number of H-pyrrole nitrogens is 3. The van der Waals surface area contributed by atoms with Crippen molar-refractivity contribution in [1.82, 2.24) is 35.1 Å². The molecule has 4 aromatic rings. The first kappa shape index (κ1) is 20.5. The van der Waals surface area contributed by atoms with E-state index < -0.39 is 5.60 Å². The molecule has 32 heavy (non-hydrogen) atoms. The smallest absolute Gasteiger partial charge is 0.326 e. The second-order valence-corrected chi connectivity index (χ2v) is 8.70. The summed E-state index contributed by atoms with van der Waals surface area (Å²) in [7, 11) is 0. The van der Waals surface area contributed by atoms with E-state index in [9.17, 15) is 9.90 Å². The van der Waals surface area contributed by atoms with Crippen molar-refractivity contribution in [3.8, 4) is 22.6 Å². The number of aromatic amines is 3. The molecule has 0 aliphatic carbocycles. The average Bonchev–Trinajstić information content (AvgIpc) is 3.40. The molecule has 1 fully saturated rings. The summed E-state index contributed by atoms with van der Waals surface area (Å²) >= 11 is 0. The van der Waals surface area contributed by atoms with Gasteiger partial charge in [0.05, 0.1) is 11.4 Å². The molecular formula is C22H25N7O3. The predicted octanol–water partition coefficient (Wildman–Crippen LogP) is 2.29. The number of hydrogen-bond donors (Lipinski definition) is 4. The number of benzene rings is 1. The summed E-state index contributed by atoms with van der Waals surface area (Å²) in [6.45, 7) is 4.82. The Morgan fingerprint density at radius 1 is 1.03 bits per heavy atom. The van der Waals surface area contributed by atoms with Crippen molar-refractivity contribution < 1.29 is 9.84 Å². The Balaban J connectivity index is 1.50. The van der Waals surface area contributed by atoms with Crippen molar-refractivity contribution >= 4 is 11.3 Å². The number of aliphatic hydroxyl groups is 1. The number of ether oxygens (including phenoxy) is 1. The number of rotatable bonds is 5. The van der Waals surface area contributed by atoms with Crippen LogP contribution in [-0.4, -0.2) is 53.4 Å². The quantitative estimate of drug-likeness (QED) is 0.376. The van der Waals surface area contributed by atoms with Crippen molar-refractivity contribution in [2.24, 2.45) is 5.92 Å². The van der Waals surface area contributed by atoms with Crippen LogP contribution in [0, 0.1) is 5.92 Å². The minimum absolute atomic E-state index is 0.322. The van der Waals surface area contributed by atoms with Crippen LogP contribution in [0.15, 0.2) is 29.1 Å². The van der Waals surface area contributed by atoms with Gasteiger partial charge in [-0.3, -0.25) is 15.1 Å². The third-order valence-electron chi connectivity index (χ3n) is 5.74. The maximum absolute atomic E-state index is 11.8. The standard InChI is InChI=1S/C22H25N7O3/c1-22(2,31)20-25-17(28-29-20)14-5-3-13(4-6-14)16-15(11-12-7-9-32-10-8-12)23-18-19(24-16)27-21(30)26-18/h3-6,12,31H,7-11H2,1-2H3,(H,25,28,29)(H2,23,24,26,27,30). The zero-order valence-corrected chi connectivity index (χ0v) is 18.0. The summed E-state index contributed by atoms with van der Waals surface area (Å²) < 4.78 is 5.49. The van der Waals surface area contributed by atoms with Gasteiger partial charge in [0.25, 0.3) is 0 Å². The molecule has 0 spiro atoms. The topological polar surface area (TPSA) is 145 Å². The van der Waals surface area contributed by atoms with Crippen LogP contribution >= 0.6 is 0 Å². The Labute approximate surface area is 183 Å². The second-order valence-electron chi connectivity index (χ2n) is 8.70. The van der Waals surface area contributed by atoms with Crippen LogP contribution < -0.4 is 5.69 Å². The first-order chi connectivity index (χ1) is 15.4. The summed E-state index contributed by atoms with van der Waals surface area (Å²) in [5.41, 5.74) is 2.80. The number of imidazole rings is 1. The van der Waals surface area contributed by atoms with Crippen LogP contribution in [0.3, 0.4) is 0 Å². The van der Waals surface area contributed by atoms with Crippen molar-refractivity contribution in [1.29, 1.82) is 0 Å². The molecule has 1 saturated heterocycles. The molecule has 5 rings (SSSR count). The van der Waals surface area contributed by atoms with E-state index in [0.29, 0.717) is 28.9 Å². The number of hydrogen-bond acceptors (Lipinski definition) is 7. The number of fused-ring (bicyclic) bond motifs is 1. The molecule has 10 heteroatoms. The van der Waals surface area contributed by atoms with E-state index in [1.165, 1.54) is 0 Å². The van der Waals surface area contributed by atoms with E-state index in [2.05, 4.69) is 25.1 Å². The van der Waals surface area contributed by atoms with E-state index in [4.69, 9.17) is 14.7 Å². The van der Waals surface area contributed by atoms with Gasteiger partial charge in [-0.1, -0.05) is 24.3 Å². The molecule has 4 heterocycles. The lowest BCUT2D eigenvalue weighted by molar-refractivity contribution is 0.0663. The summed E-state index contributed by atoms with van der Waals surface area (Å²) in [5, 5.41) is 17.1. The number of aromatic nitrogens is 7. The van der Waals surface area contributed by atoms with Crippen LogP contribution in [-0.2, 0) is 16.8 Å². The molecule has 0 amide bonds. The highest BCUT2D eigenvalue weighted by atomic mass is 16.5. The zero-order chi connectivity index (χ0) is 22.3. The van der Waals surface area contributed by atoms with Gasteiger partial charge in [0.1, 0.15) is 5.60 Å². The lowest BCUT2D eigenvalue weighted by Crippen LogP contribution is -2.18. The van der Waals surface area contributed by atoms with Gasteiger partial charge in [0, 0.05) is 24.3 Å². The Morgan fingerprint density at radius 3 is 2.34 bits per heavy atom. The second kappa shape index (κ2) is 7.95. The molecule has 0 unspecified atom stereocenters. The lowest BCUT2D eigenvalue weighted by Gasteiger charge is -2.22. The highest BCUT2D eigenvalue weighted by Gasteiger charge is 2.22. The minimum Gasteiger partial charge on any atom is -0.382 e. The van der Waals surface area contributed by atoms with Crippen LogP contribution in [0.5, 0.6) is 0 Å². The Bertz CT molecular complexity index is 1290. The van der Waals surface area contributed by atoms with Crippen molar-refractivity contribution in [3.63, 3.8) is 0 Å². The molecule has 1 aliphatic heterocycles. The molecule has 0 bridgehead atoms. The lowest BCUT2D eigenvalue weighted by atomic mass is 9.93. The zero-order valence-electron chi connectivity index (χ0n) is 18.0. The molecule has 0 saturated carbocycles. The van der Waals surface area contributed by atoms with Crippen molar-refractivity contribution in [2.75, 3.05) is 13.2 Å². The summed E-state index contributed by atoms with van der Waals surface area (Å²) in [6, 6.07) is 7.72. The maximum atomic E-state index is 11.8. The number of nitrogens with zero attached hydrogens (tertiary/aromatic N) is 4. The molecule has 1 aliphatic rings. The third kappa shape index (κ3) is 4.06. The summed E-state index contributed by atoms with van der Waals surface area (Å²) in [5.74, 6) is 1.38. The summed E-state index contributed by atoms with van der Waals surface area (Å²) in [4.78, 5) is 31.0. The SMILES string of the molecule is CC(C)(O)c1nc(-c2ccc(-c3nc4[nH]c(=O)[nH]c4nc3CC3CCOCC3)cc2)n[nH]1. The molecule has 10 nitrogen and oxygen atoms in total. The van der Waals surface area contributed by atoms with Gasteiger partial charge in [-0.2, -0.15) is 5.10 Å². The van der Waals surface area contributed by atoms with E-state index in [1.807, 2.05) is 24.3 Å². The van der Waals surface area contributed by atoms with Crippen LogP contribution in [0.4, 0.5) is 0 Å². The summed E-state index contributed by atoms with van der Waals surface area (Å²) in [6.07, 6.45) is 2.73. The van der Waals surface area contributed by atoms with E-state index in [1.54, 1.807) is 13.8 Å². The largest absolute Gasteiger partial charge is 0.382 e. The normalized spacial score (nSPS) is 15.5. The van der Waals surface area contributed by atoms with Crippen molar-refractivity contribution in [3.05, 3.63) is 46.3 Å². The first-order valence-corrected chi connectivity index (χ1v) is 10.7. The third-order valence-corrected chi connectivity index (χ3v) is 5.74. The van der Waals surface area contributed by atoms with Gasteiger partial charge in [-0.15, -0.1) is 0 Å². The average molecular weight is 435 g/mol. The van der Waals surface area contributed by atoms with Gasteiger partial charge in [0.2, 0.25) is 0 Å². The molecule has 0 radical (unpaired) electrons. The van der Waals surface area contributed by atoms with E-state index in [-0.39, 0.29) is 5.69 Å². The highest BCUT2D eigenvalue weighted by molar-refractivity contribution is 5.73. The van der Waals surface area contributed by atoms with Gasteiger partial charge in [-0.25, -0.2) is 19.7 Å².